The number of pyridine rings is 1. The Morgan fingerprint density at radius 3 is 2.74 bits per heavy atom. The van der Waals surface area contributed by atoms with Crippen LogP contribution in [0.15, 0.2) is 29.1 Å². The zero-order valence-corrected chi connectivity index (χ0v) is 13.6. The van der Waals surface area contributed by atoms with Gasteiger partial charge < -0.3 is 20.1 Å². The van der Waals surface area contributed by atoms with Gasteiger partial charge in [-0.05, 0) is 43.9 Å². The molecule has 6 nitrogen and oxygen atoms in total. The number of rotatable bonds is 6. The molecule has 1 aromatic heterocycles. The van der Waals surface area contributed by atoms with Crippen molar-refractivity contribution < 1.29 is 14.6 Å². The second-order valence-electron chi connectivity index (χ2n) is 6.17. The first-order valence-corrected chi connectivity index (χ1v) is 7.47. The van der Waals surface area contributed by atoms with Crippen LogP contribution in [0.3, 0.4) is 0 Å². The number of aryl methyl sites for hydroxylation is 1. The van der Waals surface area contributed by atoms with Crippen LogP contribution in [0.4, 0.5) is 0 Å². The van der Waals surface area contributed by atoms with Crippen molar-refractivity contribution in [3.8, 4) is 5.75 Å². The summed E-state index contributed by atoms with van der Waals surface area (Å²) < 4.78 is 5.13. The van der Waals surface area contributed by atoms with Crippen molar-refractivity contribution in [2.45, 2.75) is 32.3 Å². The van der Waals surface area contributed by atoms with E-state index < -0.39 is 5.60 Å². The maximum atomic E-state index is 12.1. The second-order valence-corrected chi connectivity index (χ2v) is 6.17. The average Bonchev–Trinajstić information content (AvgIpc) is 2.49. The molecule has 0 radical (unpaired) electrons. The number of benzene rings is 1. The van der Waals surface area contributed by atoms with Crippen LogP contribution in [-0.4, -0.2) is 35.3 Å². The molecule has 0 aliphatic heterocycles. The van der Waals surface area contributed by atoms with Crippen LogP contribution in [-0.2, 0) is 11.2 Å². The molecular formula is C17H22N2O4. The quantitative estimate of drug-likeness (QED) is 0.750. The zero-order valence-electron chi connectivity index (χ0n) is 13.6. The smallest absolute Gasteiger partial charge is 0.251 e. The molecule has 0 unspecified atom stereocenters. The van der Waals surface area contributed by atoms with Crippen LogP contribution in [0, 0.1) is 0 Å². The van der Waals surface area contributed by atoms with Crippen molar-refractivity contribution in [1.29, 1.82) is 0 Å². The summed E-state index contributed by atoms with van der Waals surface area (Å²) in [5.74, 6) is 0.480. The van der Waals surface area contributed by atoms with Gasteiger partial charge in [0, 0.05) is 24.6 Å². The number of carbonyl (C=O) groups excluding carboxylic acids is 1. The van der Waals surface area contributed by atoms with E-state index in [1.165, 1.54) is 0 Å². The maximum absolute atomic E-state index is 12.1. The zero-order chi connectivity index (χ0) is 17.0. The number of aromatic nitrogens is 1. The first kappa shape index (κ1) is 17.0. The number of nitrogens with one attached hydrogen (secondary N) is 2. The largest absolute Gasteiger partial charge is 0.497 e. The van der Waals surface area contributed by atoms with E-state index in [1.54, 1.807) is 33.1 Å². The summed E-state index contributed by atoms with van der Waals surface area (Å²) in [6.45, 7) is 3.42. The maximum Gasteiger partial charge on any atom is 0.251 e. The number of fused-ring (bicyclic) bond motifs is 1. The summed E-state index contributed by atoms with van der Waals surface area (Å²) in [4.78, 5) is 26.7. The number of amides is 1. The highest BCUT2D eigenvalue weighted by molar-refractivity contribution is 5.81. The Bertz CT molecular complexity index is 759. The van der Waals surface area contributed by atoms with Crippen LogP contribution in [0.25, 0.3) is 10.9 Å². The van der Waals surface area contributed by atoms with Gasteiger partial charge in [0.15, 0.2) is 0 Å². The molecule has 6 heteroatoms. The molecule has 0 atom stereocenters. The number of aliphatic hydroxyl groups is 1. The number of carbonyl (C=O) groups is 1. The summed E-state index contributed by atoms with van der Waals surface area (Å²) in [7, 11) is 1.57. The van der Waals surface area contributed by atoms with Gasteiger partial charge in [0.1, 0.15) is 5.75 Å². The molecule has 2 rings (SSSR count). The third-order valence-corrected chi connectivity index (χ3v) is 3.47. The van der Waals surface area contributed by atoms with Gasteiger partial charge in [0.2, 0.25) is 5.91 Å². The van der Waals surface area contributed by atoms with Gasteiger partial charge in [0.05, 0.1) is 18.2 Å². The first-order valence-electron chi connectivity index (χ1n) is 7.47. The monoisotopic (exact) mass is 318 g/mol. The van der Waals surface area contributed by atoms with E-state index in [1.807, 2.05) is 12.1 Å². The fourth-order valence-corrected chi connectivity index (χ4v) is 2.19. The summed E-state index contributed by atoms with van der Waals surface area (Å²) in [5.41, 5.74) is 0.0986. The first-order chi connectivity index (χ1) is 10.8. The van der Waals surface area contributed by atoms with Gasteiger partial charge in [-0.25, -0.2) is 0 Å². The molecule has 1 aromatic carbocycles. The number of H-pyrrole nitrogens is 1. The number of hydrogen-bond acceptors (Lipinski definition) is 4. The van der Waals surface area contributed by atoms with Gasteiger partial charge in [-0.15, -0.1) is 0 Å². The lowest BCUT2D eigenvalue weighted by Gasteiger charge is -2.17. The minimum atomic E-state index is -0.949. The van der Waals surface area contributed by atoms with Crippen LogP contribution < -0.4 is 15.6 Å². The molecule has 1 amide bonds. The molecule has 23 heavy (non-hydrogen) atoms. The fraction of sp³-hybridized carbons (Fsp3) is 0.412. The lowest BCUT2D eigenvalue weighted by molar-refractivity contribution is -0.122. The summed E-state index contributed by atoms with van der Waals surface area (Å²) in [6, 6.07) is 7.23. The Kier molecular flexibility index (Phi) is 5.05. The predicted molar refractivity (Wildman–Crippen MR) is 88.7 cm³/mol. The SMILES string of the molecule is COc1ccc2cc(CCC(=O)NCC(C)(C)O)c(=O)[nH]c2c1. The van der Waals surface area contributed by atoms with Crippen LogP contribution in [0.1, 0.15) is 25.8 Å². The Morgan fingerprint density at radius 2 is 2.09 bits per heavy atom. The highest BCUT2D eigenvalue weighted by Gasteiger charge is 2.14. The van der Waals surface area contributed by atoms with Crippen LogP contribution in [0.2, 0.25) is 0 Å². The Labute approximate surface area is 134 Å². The molecule has 3 N–H and O–H groups in total. The van der Waals surface area contributed by atoms with Crippen molar-refractivity contribution >= 4 is 16.8 Å². The minimum Gasteiger partial charge on any atom is -0.497 e. The standard InChI is InChI=1S/C17H22N2O4/c1-17(2,22)10-18-15(20)7-5-12-8-11-4-6-13(23-3)9-14(11)19-16(12)21/h4,6,8-9,22H,5,7,10H2,1-3H3,(H,18,20)(H,19,21). The van der Waals surface area contributed by atoms with Crippen LogP contribution in [0.5, 0.6) is 5.75 Å². The number of methoxy groups -OCH3 is 1. The third kappa shape index (κ3) is 4.82. The minimum absolute atomic E-state index is 0.180. The van der Waals surface area contributed by atoms with Crippen molar-refractivity contribution in [3.63, 3.8) is 0 Å². The van der Waals surface area contributed by atoms with Crippen LogP contribution >= 0.6 is 0 Å². The van der Waals surface area contributed by atoms with E-state index in [2.05, 4.69) is 10.3 Å². The topological polar surface area (TPSA) is 91.4 Å². The number of hydrogen-bond donors (Lipinski definition) is 3. The summed E-state index contributed by atoms with van der Waals surface area (Å²) in [5, 5.41) is 13.1. The summed E-state index contributed by atoms with van der Waals surface area (Å²) in [6.07, 6.45) is 0.538. The Morgan fingerprint density at radius 1 is 1.35 bits per heavy atom. The lowest BCUT2D eigenvalue weighted by atomic mass is 10.1. The van der Waals surface area contributed by atoms with Gasteiger partial charge in [-0.3, -0.25) is 9.59 Å². The molecule has 0 aliphatic carbocycles. The van der Waals surface area contributed by atoms with Gasteiger partial charge in [-0.2, -0.15) is 0 Å². The molecule has 0 saturated heterocycles. The Hall–Kier alpha value is -2.34. The molecule has 0 bridgehead atoms. The van der Waals surface area contributed by atoms with E-state index in [9.17, 15) is 14.7 Å². The highest BCUT2D eigenvalue weighted by atomic mass is 16.5. The highest BCUT2D eigenvalue weighted by Crippen LogP contribution is 2.18. The summed E-state index contributed by atoms with van der Waals surface area (Å²) >= 11 is 0. The van der Waals surface area contributed by atoms with E-state index in [4.69, 9.17) is 4.74 Å². The molecular weight excluding hydrogens is 296 g/mol. The fourth-order valence-electron chi connectivity index (χ4n) is 2.19. The van der Waals surface area contributed by atoms with E-state index >= 15 is 0 Å². The molecule has 0 saturated carbocycles. The number of ether oxygens (including phenoxy) is 1. The Balaban J connectivity index is 2.07. The normalized spacial score (nSPS) is 11.5. The van der Waals surface area contributed by atoms with E-state index in [0.29, 0.717) is 23.3 Å². The van der Waals surface area contributed by atoms with Gasteiger partial charge >= 0.3 is 0 Å². The molecule has 124 valence electrons. The van der Waals surface area contributed by atoms with Crippen molar-refractivity contribution in [3.05, 3.63) is 40.2 Å². The molecule has 2 aromatic rings. The predicted octanol–water partition coefficient (Wildman–Crippen LogP) is 1.36. The van der Waals surface area contributed by atoms with Gasteiger partial charge in [0.25, 0.3) is 5.56 Å². The van der Waals surface area contributed by atoms with E-state index in [0.717, 1.165) is 5.39 Å². The number of aromatic amines is 1. The third-order valence-electron chi connectivity index (χ3n) is 3.47. The van der Waals surface area contributed by atoms with Crippen molar-refractivity contribution in [1.82, 2.24) is 10.3 Å². The second kappa shape index (κ2) is 6.83. The molecule has 0 aliphatic rings. The van der Waals surface area contributed by atoms with Crippen molar-refractivity contribution in [2.24, 2.45) is 0 Å². The van der Waals surface area contributed by atoms with E-state index in [-0.39, 0.29) is 24.4 Å². The van der Waals surface area contributed by atoms with Gasteiger partial charge in [-0.1, -0.05) is 0 Å². The molecule has 1 heterocycles. The average molecular weight is 318 g/mol. The molecule has 0 fully saturated rings. The van der Waals surface area contributed by atoms with Crippen molar-refractivity contribution in [2.75, 3.05) is 13.7 Å². The lowest BCUT2D eigenvalue weighted by Crippen LogP contribution is -2.38. The molecule has 0 spiro atoms.